The Morgan fingerprint density at radius 2 is 1.63 bits per heavy atom. The van der Waals surface area contributed by atoms with E-state index in [9.17, 15) is 19.2 Å². The molecule has 3 N–H and O–H groups in total. The number of amides is 2. The molecule has 0 fully saturated rings. The Morgan fingerprint density at radius 3 is 2.30 bits per heavy atom. The average molecular weight is 408 g/mol. The fraction of sp³-hybridized carbons (Fsp3) is 0.304. The summed E-state index contributed by atoms with van der Waals surface area (Å²) in [5.41, 5.74) is 2.67. The van der Waals surface area contributed by atoms with E-state index in [4.69, 9.17) is 5.11 Å². The molecule has 0 radical (unpaired) electrons. The van der Waals surface area contributed by atoms with E-state index in [1.165, 1.54) is 0 Å². The molecule has 0 bridgehead atoms. The number of ketones is 1. The number of carbonyl (C=O) groups excluding carboxylic acids is 3. The first kappa shape index (κ1) is 21.2. The molecule has 0 aliphatic heterocycles. The maximum absolute atomic E-state index is 13.1. The quantitative estimate of drug-likeness (QED) is 0.496. The van der Waals surface area contributed by atoms with E-state index >= 15 is 0 Å². The second-order valence-corrected chi connectivity index (χ2v) is 7.59. The molecule has 0 aromatic heterocycles. The minimum absolute atomic E-state index is 0.0391. The average Bonchev–Trinajstić information content (AvgIpc) is 3.01. The van der Waals surface area contributed by atoms with Crippen LogP contribution in [0.4, 0.5) is 0 Å². The Labute approximate surface area is 174 Å². The van der Waals surface area contributed by atoms with Crippen LogP contribution in [0, 0.1) is 5.92 Å². The molecule has 0 spiro atoms. The van der Waals surface area contributed by atoms with Crippen LogP contribution in [0.3, 0.4) is 0 Å². The van der Waals surface area contributed by atoms with Gasteiger partial charge < -0.3 is 15.7 Å². The Balaban J connectivity index is 1.80. The fourth-order valence-corrected chi connectivity index (χ4v) is 3.58. The third kappa shape index (κ3) is 4.25. The Kier molecular flexibility index (Phi) is 6.30. The molecule has 2 aromatic carbocycles. The summed E-state index contributed by atoms with van der Waals surface area (Å²) in [7, 11) is 0. The molecule has 1 aliphatic carbocycles. The molecule has 30 heavy (non-hydrogen) atoms. The molecule has 156 valence electrons. The van der Waals surface area contributed by atoms with E-state index < -0.39 is 17.9 Å². The molecule has 1 atom stereocenters. The highest BCUT2D eigenvalue weighted by Crippen LogP contribution is 2.38. The number of carboxylic acid groups (broad SMARTS) is 1. The van der Waals surface area contributed by atoms with Gasteiger partial charge in [-0.05, 0) is 24.0 Å². The third-order valence-corrected chi connectivity index (χ3v) is 5.10. The van der Waals surface area contributed by atoms with Crippen molar-refractivity contribution in [3.8, 4) is 11.1 Å². The van der Waals surface area contributed by atoms with Gasteiger partial charge in [0.25, 0.3) is 5.91 Å². The first-order valence-corrected chi connectivity index (χ1v) is 9.88. The van der Waals surface area contributed by atoms with Crippen LogP contribution in [-0.2, 0) is 9.59 Å². The number of hydrogen-bond acceptors (Lipinski definition) is 4. The summed E-state index contributed by atoms with van der Waals surface area (Å²) >= 11 is 0. The van der Waals surface area contributed by atoms with Crippen molar-refractivity contribution in [2.24, 2.45) is 5.92 Å². The van der Waals surface area contributed by atoms with Crippen molar-refractivity contribution in [3.63, 3.8) is 0 Å². The summed E-state index contributed by atoms with van der Waals surface area (Å²) in [6.07, 6.45) is 0.271. The van der Waals surface area contributed by atoms with Crippen LogP contribution < -0.4 is 10.6 Å². The molecule has 1 unspecified atom stereocenters. The van der Waals surface area contributed by atoms with Crippen LogP contribution in [0.15, 0.2) is 42.5 Å². The van der Waals surface area contributed by atoms with Gasteiger partial charge in [0.05, 0.1) is 0 Å². The summed E-state index contributed by atoms with van der Waals surface area (Å²) < 4.78 is 0. The summed E-state index contributed by atoms with van der Waals surface area (Å²) in [6, 6.07) is 11.4. The predicted octanol–water partition coefficient (Wildman–Crippen LogP) is 2.63. The smallest absolute Gasteiger partial charge is 0.303 e. The standard InChI is InChI=1S/C23H24N2O5/c1-13(2)20(23(30)24-12-6-11-18(26)27)25-22(29)17-10-5-9-16-19(17)14-7-3-4-8-15(14)21(16)28/h3-5,7-10,13,20H,6,11-12H2,1-2H3,(H,24,30)(H,25,29)(H,26,27). The van der Waals surface area contributed by atoms with Crippen LogP contribution in [0.5, 0.6) is 0 Å². The highest BCUT2D eigenvalue weighted by molar-refractivity contribution is 6.24. The van der Waals surface area contributed by atoms with Gasteiger partial charge in [-0.1, -0.05) is 50.2 Å². The van der Waals surface area contributed by atoms with Gasteiger partial charge in [-0.15, -0.1) is 0 Å². The Bertz CT molecular complexity index is 1010. The van der Waals surface area contributed by atoms with Gasteiger partial charge in [-0.3, -0.25) is 19.2 Å². The molecule has 3 rings (SSSR count). The SMILES string of the molecule is CC(C)C(NC(=O)c1cccc2c1-c1ccccc1C2=O)C(=O)NCCCC(=O)O. The van der Waals surface area contributed by atoms with Gasteiger partial charge in [-0.2, -0.15) is 0 Å². The van der Waals surface area contributed by atoms with E-state index in [2.05, 4.69) is 10.6 Å². The van der Waals surface area contributed by atoms with E-state index in [-0.39, 0.29) is 30.6 Å². The zero-order valence-corrected chi connectivity index (χ0v) is 16.9. The maximum atomic E-state index is 13.1. The fourth-order valence-electron chi connectivity index (χ4n) is 3.58. The van der Waals surface area contributed by atoms with E-state index in [1.54, 1.807) is 30.3 Å². The van der Waals surface area contributed by atoms with E-state index in [0.29, 0.717) is 34.2 Å². The molecular weight excluding hydrogens is 384 g/mol. The number of nitrogens with one attached hydrogen (secondary N) is 2. The van der Waals surface area contributed by atoms with Crippen molar-refractivity contribution in [2.75, 3.05) is 6.54 Å². The normalized spacial score (nSPS) is 12.8. The number of carboxylic acids is 1. The lowest BCUT2D eigenvalue weighted by molar-refractivity contribution is -0.137. The molecule has 0 heterocycles. The first-order valence-electron chi connectivity index (χ1n) is 9.88. The minimum atomic E-state index is -0.925. The molecule has 0 saturated heterocycles. The van der Waals surface area contributed by atoms with Gasteiger partial charge >= 0.3 is 5.97 Å². The maximum Gasteiger partial charge on any atom is 0.303 e. The summed E-state index contributed by atoms with van der Waals surface area (Å²) in [5, 5.41) is 14.2. The lowest BCUT2D eigenvalue weighted by Gasteiger charge is -2.22. The minimum Gasteiger partial charge on any atom is -0.481 e. The van der Waals surface area contributed by atoms with Crippen LogP contribution in [0.1, 0.15) is 53.0 Å². The van der Waals surface area contributed by atoms with Crippen molar-refractivity contribution in [2.45, 2.75) is 32.7 Å². The van der Waals surface area contributed by atoms with E-state index in [1.807, 2.05) is 26.0 Å². The second kappa shape index (κ2) is 8.90. The molecule has 7 nitrogen and oxygen atoms in total. The zero-order chi connectivity index (χ0) is 21.8. The van der Waals surface area contributed by atoms with Crippen LogP contribution in [-0.4, -0.2) is 41.3 Å². The van der Waals surface area contributed by atoms with Crippen molar-refractivity contribution < 1.29 is 24.3 Å². The summed E-state index contributed by atoms with van der Waals surface area (Å²) in [6.45, 7) is 3.85. The third-order valence-electron chi connectivity index (χ3n) is 5.10. The lowest BCUT2D eigenvalue weighted by atomic mass is 9.97. The highest BCUT2D eigenvalue weighted by Gasteiger charge is 2.32. The zero-order valence-electron chi connectivity index (χ0n) is 16.9. The largest absolute Gasteiger partial charge is 0.481 e. The van der Waals surface area contributed by atoms with Crippen LogP contribution in [0.2, 0.25) is 0 Å². The van der Waals surface area contributed by atoms with Crippen molar-refractivity contribution in [1.82, 2.24) is 10.6 Å². The molecule has 2 aromatic rings. The molecule has 0 saturated carbocycles. The summed E-state index contributed by atoms with van der Waals surface area (Å²) in [4.78, 5) is 48.9. The van der Waals surface area contributed by atoms with Gasteiger partial charge in [0, 0.05) is 35.2 Å². The lowest BCUT2D eigenvalue weighted by Crippen LogP contribution is -2.50. The monoisotopic (exact) mass is 408 g/mol. The van der Waals surface area contributed by atoms with E-state index in [0.717, 1.165) is 0 Å². The molecular formula is C23H24N2O5. The van der Waals surface area contributed by atoms with Crippen molar-refractivity contribution in [3.05, 3.63) is 59.2 Å². The summed E-state index contributed by atoms with van der Waals surface area (Å²) in [5.74, 6) is -2.03. The number of hydrogen-bond donors (Lipinski definition) is 3. The number of carbonyl (C=O) groups is 4. The van der Waals surface area contributed by atoms with Crippen LogP contribution in [0.25, 0.3) is 11.1 Å². The Hall–Kier alpha value is -3.48. The highest BCUT2D eigenvalue weighted by atomic mass is 16.4. The topological polar surface area (TPSA) is 113 Å². The molecule has 2 amide bonds. The number of aliphatic carboxylic acids is 1. The second-order valence-electron chi connectivity index (χ2n) is 7.59. The van der Waals surface area contributed by atoms with Crippen molar-refractivity contribution >= 4 is 23.6 Å². The number of fused-ring (bicyclic) bond motifs is 3. The molecule has 1 aliphatic rings. The van der Waals surface area contributed by atoms with Gasteiger partial charge in [0.1, 0.15) is 6.04 Å². The van der Waals surface area contributed by atoms with Gasteiger partial charge in [0.2, 0.25) is 5.91 Å². The van der Waals surface area contributed by atoms with Crippen LogP contribution >= 0.6 is 0 Å². The number of benzene rings is 2. The molecule has 7 heteroatoms. The number of rotatable bonds is 8. The Morgan fingerprint density at radius 1 is 0.967 bits per heavy atom. The van der Waals surface area contributed by atoms with Crippen molar-refractivity contribution in [1.29, 1.82) is 0 Å². The van der Waals surface area contributed by atoms with Gasteiger partial charge in [0.15, 0.2) is 5.78 Å². The van der Waals surface area contributed by atoms with Gasteiger partial charge in [-0.25, -0.2) is 0 Å². The first-order chi connectivity index (χ1) is 14.3. The predicted molar refractivity (Wildman–Crippen MR) is 111 cm³/mol.